The van der Waals surface area contributed by atoms with Gasteiger partial charge in [-0.1, -0.05) is 30.3 Å². The van der Waals surface area contributed by atoms with E-state index in [-0.39, 0.29) is 10.9 Å². The topological polar surface area (TPSA) is 103 Å². The Labute approximate surface area is 157 Å². The van der Waals surface area contributed by atoms with Gasteiger partial charge >= 0.3 is 0 Å². The van der Waals surface area contributed by atoms with Crippen molar-refractivity contribution in [2.45, 2.75) is 23.8 Å². The molecule has 3 aromatic rings. The summed E-state index contributed by atoms with van der Waals surface area (Å²) in [4.78, 5) is 4.71. The molecule has 1 saturated heterocycles. The third-order valence-electron chi connectivity index (χ3n) is 4.64. The molecule has 0 aliphatic carbocycles. The van der Waals surface area contributed by atoms with Gasteiger partial charge in [-0.05, 0) is 37.1 Å². The van der Waals surface area contributed by atoms with Crippen LogP contribution in [0.25, 0.3) is 11.4 Å². The summed E-state index contributed by atoms with van der Waals surface area (Å²) < 4.78 is 27.6. The van der Waals surface area contributed by atoms with Crippen molar-refractivity contribution in [3.05, 3.63) is 66.0 Å². The Bertz CT molecular complexity index is 1090. The highest BCUT2D eigenvalue weighted by Crippen LogP contribution is 2.35. The number of nitrogens with zero attached hydrogens (tertiary/aromatic N) is 4. The molecule has 1 aliphatic heterocycles. The van der Waals surface area contributed by atoms with E-state index in [2.05, 4.69) is 15.2 Å². The van der Waals surface area contributed by atoms with Gasteiger partial charge in [0.05, 0.1) is 22.6 Å². The molecule has 1 unspecified atom stereocenters. The molecule has 2 heterocycles. The minimum absolute atomic E-state index is 0.177. The minimum Gasteiger partial charge on any atom is -0.261 e. The number of hydrogen-bond acceptors (Lipinski definition) is 5. The monoisotopic (exact) mass is 379 g/mol. The van der Waals surface area contributed by atoms with E-state index in [1.165, 1.54) is 28.6 Å². The maximum Gasteiger partial charge on any atom is 0.243 e. The first kappa shape index (κ1) is 17.4. The molecule has 0 amide bonds. The summed E-state index contributed by atoms with van der Waals surface area (Å²) in [6.45, 7) is 0.425. The number of nitrogens with one attached hydrogen (secondary N) is 1. The van der Waals surface area contributed by atoms with Gasteiger partial charge in [-0.2, -0.15) is 14.7 Å². The van der Waals surface area contributed by atoms with Crippen molar-refractivity contribution in [2.75, 3.05) is 6.54 Å². The predicted molar refractivity (Wildman–Crippen MR) is 98.8 cm³/mol. The fourth-order valence-corrected chi connectivity index (χ4v) is 4.94. The number of aromatic nitrogens is 3. The van der Waals surface area contributed by atoms with Crippen LogP contribution in [0.4, 0.5) is 0 Å². The van der Waals surface area contributed by atoms with Gasteiger partial charge < -0.3 is 0 Å². The smallest absolute Gasteiger partial charge is 0.243 e. The van der Waals surface area contributed by atoms with Crippen molar-refractivity contribution in [2.24, 2.45) is 0 Å². The minimum atomic E-state index is -3.68. The van der Waals surface area contributed by atoms with Gasteiger partial charge in [0.15, 0.2) is 5.82 Å². The third kappa shape index (κ3) is 3.23. The largest absolute Gasteiger partial charge is 0.261 e. The molecule has 0 spiro atoms. The van der Waals surface area contributed by atoms with Gasteiger partial charge in [-0.15, -0.1) is 0 Å². The van der Waals surface area contributed by atoms with Crippen molar-refractivity contribution >= 4 is 10.0 Å². The van der Waals surface area contributed by atoms with E-state index < -0.39 is 10.0 Å². The molecular weight excluding hydrogens is 362 g/mol. The summed E-state index contributed by atoms with van der Waals surface area (Å²) in [5, 5.41) is 16.1. The number of sulfonamides is 1. The van der Waals surface area contributed by atoms with E-state index in [1.807, 2.05) is 36.4 Å². The molecule has 136 valence electrons. The van der Waals surface area contributed by atoms with E-state index in [0.29, 0.717) is 30.2 Å². The van der Waals surface area contributed by atoms with Crippen LogP contribution in [0.3, 0.4) is 0 Å². The molecule has 4 rings (SSSR count). The van der Waals surface area contributed by atoms with E-state index in [4.69, 9.17) is 5.26 Å². The first-order valence-electron chi connectivity index (χ1n) is 8.59. The highest BCUT2D eigenvalue weighted by molar-refractivity contribution is 7.89. The van der Waals surface area contributed by atoms with Gasteiger partial charge in [-0.3, -0.25) is 5.10 Å². The van der Waals surface area contributed by atoms with Crippen LogP contribution in [0.15, 0.2) is 59.5 Å². The second kappa shape index (κ2) is 6.95. The Morgan fingerprint density at radius 1 is 1.11 bits per heavy atom. The Morgan fingerprint density at radius 2 is 1.85 bits per heavy atom. The van der Waals surface area contributed by atoms with E-state index in [9.17, 15) is 8.42 Å². The second-order valence-electron chi connectivity index (χ2n) is 6.32. The van der Waals surface area contributed by atoms with Gasteiger partial charge in [0.25, 0.3) is 0 Å². The van der Waals surface area contributed by atoms with Crippen LogP contribution in [0.5, 0.6) is 0 Å². The lowest BCUT2D eigenvalue weighted by Crippen LogP contribution is -2.31. The molecule has 1 fully saturated rings. The zero-order valence-corrected chi connectivity index (χ0v) is 15.2. The SMILES string of the molecule is N#Cc1ccc(S(=O)(=O)N2CCCC2c2nc(-c3ccccc3)n[nH]2)cc1. The second-order valence-corrected chi connectivity index (χ2v) is 8.21. The number of benzene rings is 2. The lowest BCUT2D eigenvalue weighted by molar-refractivity contribution is 0.384. The molecule has 1 atom stereocenters. The molecule has 0 saturated carbocycles. The zero-order valence-electron chi connectivity index (χ0n) is 14.4. The molecule has 0 radical (unpaired) electrons. The van der Waals surface area contributed by atoms with Crippen molar-refractivity contribution < 1.29 is 8.42 Å². The first-order valence-corrected chi connectivity index (χ1v) is 10.0. The molecule has 2 aromatic carbocycles. The van der Waals surface area contributed by atoms with Gasteiger partial charge in [0.1, 0.15) is 5.82 Å². The number of aromatic amines is 1. The highest BCUT2D eigenvalue weighted by Gasteiger charge is 2.38. The van der Waals surface area contributed by atoms with Crippen LogP contribution in [-0.4, -0.2) is 34.4 Å². The van der Waals surface area contributed by atoms with Crippen LogP contribution in [0, 0.1) is 11.3 Å². The predicted octanol–water partition coefficient (Wildman–Crippen LogP) is 2.87. The van der Waals surface area contributed by atoms with Crippen molar-refractivity contribution in [1.29, 1.82) is 5.26 Å². The summed E-state index contributed by atoms with van der Waals surface area (Å²) in [7, 11) is -3.68. The maximum atomic E-state index is 13.1. The summed E-state index contributed by atoms with van der Waals surface area (Å²) in [5.41, 5.74) is 1.30. The Morgan fingerprint density at radius 3 is 2.56 bits per heavy atom. The average molecular weight is 379 g/mol. The van der Waals surface area contributed by atoms with Gasteiger partial charge in [0, 0.05) is 12.1 Å². The van der Waals surface area contributed by atoms with E-state index >= 15 is 0 Å². The van der Waals surface area contributed by atoms with Crippen LogP contribution < -0.4 is 0 Å². The van der Waals surface area contributed by atoms with E-state index in [0.717, 1.165) is 12.0 Å². The van der Waals surface area contributed by atoms with Crippen LogP contribution in [-0.2, 0) is 10.0 Å². The lowest BCUT2D eigenvalue weighted by atomic mass is 10.2. The number of H-pyrrole nitrogens is 1. The van der Waals surface area contributed by atoms with Crippen LogP contribution in [0.1, 0.15) is 30.3 Å². The summed E-state index contributed by atoms with van der Waals surface area (Å²) >= 11 is 0. The molecular formula is C19H17N5O2S. The summed E-state index contributed by atoms with van der Waals surface area (Å²) in [6, 6.07) is 17.1. The lowest BCUT2D eigenvalue weighted by Gasteiger charge is -2.22. The molecule has 7 nitrogen and oxygen atoms in total. The average Bonchev–Trinajstić information content (AvgIpc) is 3.38. The van der Waals surface area contributed by atoms with Crippen molar-refractivity contribution in [3.63, 3.8) is 0 Å². The number of nitriles is 1. The zero-order chi connectivity index (χ0) is 18.9. The van der Waals surface area contributed by atoms with Gasteiger partial charge in [-0.25, -0.2) is 13.4 Å². The van der Waals surface area contributed by atoms with Gasteiger partial charge in [0.2, 0.25) is 10.0 Å². The first-order chi connectivity index (χ1) is 13.1. The quantitative estimate of drug-likeness (QED) is 0.751. The normalized spacial score (nSPS) is 17.7. The fraction of sp³-hybridized carbons (Fsp3) is 0.211. The number of rotatable bonds is 4. The Kier molecular flexibility index (Phi) is 4.48. The Hall–Kier alpha value is -3.02. The highest BCUT2D eigenvalue weighted by atomic mass is 32.2. The summed E-state index contributed by atoms with van der Waals surface area (Å²) in [5.74, 6) is 1.09. The number of hydrogen-bond donors (Lipinski definition) is 1. The molecule has 27 heavy (non-hydrogen) atoms. The van der Waals surface area contributed by atoms with Crippen LogP contribution >= 0.6 is 0 Å². The Balaban J connectivity index is 1.64. The standard InChI is InChI=1S/C19H17N5O2S/c20-13-14-8-10-16(11-9-14)27(25,26)24-12-4-7-17(24)19-21-18(22-23-19)15-5-2-1-3-6-15/h1-3,5-6,8-11,17H,4,7,12H2,(H,21,22,23). The molecule has 0 bridgehead atoms. The molecule has 1 aromatic heterocycles. The molecule has 1 aliphatic rings. The molecule has 8 heteroatoms. The van der Waals surface area contributed by atoms with Crippen molar-refractivity contribution in [3.8, 4) is 17.5 Å². The van der Waals surface area contributed by atoms with Crippen molar-refractivity contribution in [1.82, 2.24) is 19.5 Å². The summed E-state index contributed by atoms with van der Waals surface area (Å²) in [6.07, 6.45) is 1.43. The van der Waals surface area contributed by atoms with E-state index in [1.54, 1.807) is 0 Å². The fourth-order valence-electron chi connectivity index (χ4n) is 3.28. The maximum absolute atomic E-state index is 13.1. The third-order valence-corrected chi connectivity index (χ3v) is 6.57. The molecule has 1 N–H and O–H groups in total. The van der Waals surface area contributed by atoms with Crippen LogP contribution in [0.2, 0.25) is 0 Å².